The van der Waals surface area contributed by atoms with Gasteiger partial charge in [0.15, 0.2) is 0 Å². The third kappa shape index (κ3) is 2.33. The molecular formula is C10H12ClNO2S. The van der Waals surface area contributed by atoms with Crippen LogP contribution in [0, 0.1) is 0 Å². The summed E-state index contributed by atoms with van der Waals surface area (Å²) in [7, 11) is 0. The Morgan fingerprint density at radius 2 is 2.40 bits per heavy atom. The lowest BCUT2D eigenvalue weighted by Crippen LogP contribution is -2.35. The van der Waals surface area contributed by atoms with Crippen molar-refractivity contribution in [2.45, 2.75) is 18.9 Å². The van der Waals surface area contributed by atoms with Gasteiger partial charge in [-0.25, -0.2) is 0 Å². The molecule has 1 N–H and O–H groups in total. The van der Waals surface area contributed by atoms with Gasteiger partial charge >= 0.3 is 0 Å². The molecule has 0 saturated heterocycles. The van der Waals surface area contributed by atoms with Crippen LogP contribution in [0.25, 0.3) is 0 Å². The van der Waals surface area contributed by atoms with E-state index in [0.29, 0.717) is 22.5 Å². The first kappa shape index (κ1) is 10.9. The number of aliphatic hydroxyl groups is 1. The first-order valence-corrected chi connectivity index (χ1v) is 6.14. The molecule has 0 atom stereocenters. The Morgan fingerprint density at radius 1 is 1.67 bits per heavy atom. The van der Waals surface area contributed by atoms with E-state index in [0.717, 1.165) is 12.8 Å². The molecule has 1 aliphatic carbocycles. The van der Waals surface area contributed by atoms with Gasteiger partial charge in [0, 0.05) is 12.6 Å². The average Bonchev–Trinajstić information content (AvgIpc) is 2.97. The number of thiophene rings is 1. The van der Waals surface area contributed by atoms with Crippen LogP contribution in [0.1, 0.15) is 22.5 Å². The molecule has 1 amide bonds. The van der Waals surface area contributed by atoms with Crippen LogP contribution in [0.5, 0.6) is 0 Å². The van der Waals surface area contributed by atoms with Crippen molar-refractivity contribution in [3.8, 4) is 0 Å². The predicted octanol–water partition coefficient (Wildman–Crippen LogP) is 2.00. The number of halogens is 1. The summed E-state index contributed by atoms with van der Waals surface area (Å²) in [5, 5.41) is 11.2. The van der Waals surface area contributed by atoms with E-state index in [1.165, 1.54) is 11.3 Å². The maximum absolute atomic E-state index is 12.0. The lowest BCUT2D eigenvalue weighted by molar-refractivity contribution is 0.0712. The molecule has 0 radical (unpaired) electrons. The van der Waals surface area contributed by atoms with Gasteiger partial charge in [0.1, 0.15) is 4.88 Å². The third-order valence-electron chi connectivity index (χ3n) is 2.40. The summed E-state index contributed by atoms with van der Waals surface area (Å²) in [5.74, 6) is -0.0495. The fourth-order valence-corrected chi connectivity index (χ4v) is 2.61. The molecule has 1 fully saturated rings. The predicted molar refractivity (Wildman–Crippen MR) is 60.5 cm³/mol. The van der Waals surface area contributed by atoms with Gasteiger partial charge in [-0.2, -0.15) is 0 Å². The molecule has 0 aliphatic heterocycles. The third-order valence-corrected chi connectivity index (χ3v) is 3.73. The Bertz CT molecular complexity index is 362. The van der Waals surface area contributed by atoms with Gasteiger partial charge < -0.3 is 10.0 Å². The van der Waals surface area contributed by atoms with Crippen LogP contribution in [0.15, 0.2) is 11.4 Å². The molecule has 1 aromatic rings. The summed E-state index contributed by atoms with van der Waals surface area (Å²) in [6, 6.07) is 2.03. The van der Waals surface area contributed by atoms with Crippen LogP contribution in [-0.2, 0) is 0 Å². The van der Waals surface area contributed by atoms with Crippen molar-refractivity contribution in [1.82, 2.24) is 4.90 Å². The molecule has 15 heavy (non-hydrogen) atoms. The van der Waals surface area contributed by atoms with Crippen LogP contribution in [0.4, 0.5) is 0 Å². The molecule has 0 bridgehead atoms. The highest BCUT2D eigenvalue weighted by Crippen LogP contribution is 2.31. The van der Waals surface area contributed by atoms with Crippen LogP contribution in [0.2, 0.25) is 5.02 Å². The molecule has 0 aromatic carbocycles. The van der Waals surface area contributed by atoms with Crippen LogP contribution < -0.4 is 0 Å². The number of rotatable bonds is 4. The largest absolute Gasteiger partial charge is 0.395 e. The van der Waals surface area contributed by atoms with E-state index in [1.807, 2.05) is 0 Å². The standard InChI is InChI=1S/C10H12ClNO2S/c11-8-3-6-15-9(8)10(14)12(4-5-13)7-1-2-7/h3,6-7,13H,1-2,4-5H2. The minimum atomic E-state index is -0.0495. The summed E-state index contributed by atoms with van der Waals surface area (Å²) < 4.78 is 0. The van der Waals surface area contributed by atoms with Gasteiger partial charge in [-0.1, -0.05) is 11.6 Å². The number of hydrogen-bond acceptors (Lipinski definition) is 3. The molecule has 3 nitrogen and oxygen atoms in total. The van der Waals surface area contributed by atoms with Crippen LogP contribution >= 0.6 is 22.9 Å². The number of carbonyl (C=O) groups is 1. The normalized spacial score (nSPS) is 15.3. The number of hydrogen-bond donors (Lipinski definition) is 1. The molecule has 0 spiro atoms. The number of aliphatic hydroxyl groups excluding tert-OH is 1. The zero-order valence-corrected chi connectivity index (χ0v) is 9.72. The van der Waals surface area contributed by atoms with Crippen molar-refractivity contribution in [1.29, 1.82) is 0 Å². The van der Waals surface area contributed by atoms with Gasteiger partial charge in [-0.05, 0) is 24.3 Å². The maximum Gasteiger partial charge on any atom is 0.265 e. The molecule has 1 saturated carbocycles. The topological polar surface area (TPSA) is 40.5 Å². The average molecular weight is 246 g/mol. The van der Waals surface area contributed by atoms with E-state index >= 15 is 0 Å². The highest BCUT2D eigenvalue weighted by molar-refractivity contribution is 7.12. The summed E-state index contributed by atoms with van der Waals surface area (Å²) in [6.07, 6.45) is 2.07. The van der Waals surface area contributed by atoms with E-state index in [2.05, 4.69) is 0 Å². The number of nitrogens with zero attached hydrogens (tertiary/aromatic N) is 1. The van der Waals surface area contributed by atoms with Crippen molar-refractivity contribution in [2.75, 3.05) is 13.2 Å². The van der Waals surface area contributed by atoms with Crippen molar-refractivity contribution >= 4 is 28.8 Å². The first-order valence-electron chi connectivity index (χ1n) is 4.89. The Morgan fingerprint density at radius 3 is 2.87 bits per heavy atom. The van der Waals surface area contributed by atoms with Crippen LogP contribution in [0.3, 0.4) is 0 Å². The highest BCUT2D eigenvalue weighted by Gasteiger charge is 2.33. The van der Waals surface area contributed by atoms with Crippen molar-refractivity contribution in [3.05, 3.63) is 21.3 Å². The van der Waals surface area contributed by atoms with Crippen molar-refractivity contribution < 1.29 is 9.90 Å². The van der Waals surface area contributed by atoms with E-state index in [1.54, 1.807) is 16.3 Å². The lowest BCUT2D eigenvalue weighted by Gasteiger charge is -2.20. The van der Waals surface area contributed by atoms with Gasteiger partial charge in [0.2, 0.25) is 0 Å². The Balaban J connectivity index is 2.14. The number of carbonyl (C=O) groups excluding carboxylic acids is 1. The Hall–Kier alpha value is -0.580. The second kappa shape index (κ2) is 4.51. The molecule has 1 aromatic heterocycles. The van der Waals surface area contributed by atoms with Crippen molar-refractivity contribution in [2.24, 2.45) is 0 Å². The summed E-state index contributed by atoms with van der Waals surface area (Å²) >= 11 is 7.26. The lowest BCUT2D eigenvalue weighted by atomic mass is 10.3. The molecule has 1 aliphatic rings. The molecule has 1 heterocycles. The van der Waals surface area contributed by atoms with E-state index in [-0.39, 0.29) is 12.5 Å². The molecule has 2 rings (SSSR count). The summed E-state index contributed by atoms with van der Waals surface area (Å²) in [4.78, 5) is 14.3. The zero-order chi connectivity index (χ0) is 10.8. The molecular weight excluding hydrogens is 234 g/mol. The van der Waals surface area contributed by atoms with E-state index < -0.39 is 0 Å². The summed E-state index contributed by atoms with van der Waals surface area (Å²) in [6.45, 7) is 0.406. The Kier molecular flexibility index (Phi) is 3.29. The highest BCUT2D eigenvalue weighted by atomic mass is 35.5. The minimum Gasteiger partial charge on any atom is -0.395 e. The minimum absolute atomic E-state index is 0.00519. The van der Waals surface area contributed by atoms with Gasteiger partial charge in [-0.3, -0.25) is 4.79 Å². The molecule has 0 unspecified atom stereocenters. The van der Waals surface area contributed by atoms with Crippen molar-refractivity contribution in [3.63, 3.8) is 0 Å². The fourth-order valence-electron chi connectivity index (χ4n) is 1.52. The Labute approximate surface area is 97.3 Å². The smallest absolute Gasteiger partial charge is 0.265 e. The molecule has 5 heteroatoms. The van der Waals surface area contributed by atoms with E-state index in [9.17, 15) is 4.79 Å². The monoisotopic (exact) mass is 245 g/mol. The van der Waals surface area contributed by atoms with E-state index in [4.69, 9.17) is 16.7 Å². The maximum atomic E-state index is 12.0. The van der Waals surface area contributed by atoms with Gasteiger partial charge in [-0.15, -0.1) is 11.3 Å². The zero-order valence-electron chi connectivity index (χ0n) is 8.15. The fraction of sp³-hybridized carbons (Fsp3) is 0.500. The first-order chi connectivity index (χ1) is 7.24. The summed E-state index contributed by atoms with van der Waals surface area (Å²) in [5.41, 5.74) is 0. The SMILES string of the molecule is O=C(c1sccc1Cl)N(CCO)C1CC1. The second-order valence-corrected chi connectivity index (χ2v) is 4.87. The van der Waals surface area contributed by atoms with Crippen LogP contribution in [-0.4, -0.2) is 35.1 Å². The molecule has 82 valence electrons. The van der Waals surface area contributed by atoms with Gasteiger partial charge in [0.05, 0.1) is 11.6 Å². The van der Waals surface area contributed by atoms with Gasteiger partial charge in [0.25, 0.3) is 5.91 Å². The second-order valence-electron chi connectivity index (χ2n) is 3.55. The number of amides is 1. The quantitative estimate of drug-likeness (QED) is 0.882.